The van der Waals surface area contributed by atoms with E-state index < -0.39 is 0 Å². The van der Waals surface area contributed by atoms with Crippen LogP contribution in [0.4, 0.5) is 0 Å². The van der Waals surface area contributed by atoms with E-state index in [0.717, 1.165) is 80.8 Å². The highest BCUT2D eigenvalue weighted by atomic mass is 35.5. The topological polar surface area (TPSA) is 37.7 Å². The first-order valence-corrected chi connectivity index (χ1v) is 13.2. The summed E-state index contributed by atoms with van der Waals surface area (Å²) in [5, 5.41) is 2.07. The standard InChI is InChI=1S/C28H40ClN3O2/c1-5-30(6-2)16-10-9-11-19-34-23-13-15-25-27(21-23)32(18-17-31(7-3)8-4)26-20-22(29)12-14-24(26)28(25)33/h12-15,20-21H,5-11,16-19H2,1-4H3. The van der Waals surface area contributed by atoms with Crippen LogP contribution in [0.5, 0.6) is 5.75 Å². The fourth-order valence-corrected chi connectivity index (χ4v) is 4.74. The van der Waals surface area contributed by atoms with E-state index >= 15 is 0 Å². The first-order valence-electron chi connectivity index (χ1n) is 12.9. The minimum Gasteiger partial charge on any atom is -0.494 e. The second-order valence-electron chi connectivity index (χ2n) is 8.78. The molecule has 0 fully saturated rings. The van der Waals surface area contributed by atoms with Crippen molar-refractivity contribution in [1.29, 1.82) is 0 Å². The zero-order chi connectivity index (χ0) is 24.5. The van der Waals surface area contributed by atoms with Crippen LogP contribution in [-0.4, -0.2) is 60.2 Å². The Bertz CT molecular complexity index is 1120. The predicted octanol–water partition coefficient (Wildman–Crippen LogP) is 6.04. The molecule has 0 aliphatic heterocycles. The van der Waals surface area contributed by atoms with Crippen molar-refractivity contribution in [2.75, 3.05) is 45.9 Å². The van der Waals surface area contributed by atoms with Gasteiger partial charge in [-0.1, -0.05) is 39.3 Å². The molecular formula is C28H40ClN3O2. The van der Waals surface area contributed by atoms with Gasteiger partial charge in [0.25, 0.3) is 0 Å². The SMILES string of the molecule is CCN(CC)CCCCCOc1ccc2c(=O)c3ccc(Cl)cc3n(CCN(CC)CC)c2c1. The minimum absolute atomic E-state index is 0.0451. The zero-order valence-corrected chi connectivity index (χ0v) is 22.0. The van der Waals surface area contributed by atoms with Crippen LogP contribution in [0.3, 0.4) is 0 Å². The lowest BCUT2D eigenvalue weighted by Crippen LogP contribution is -2.27. The normalized spacial score (nSPS) is 11.9. The van der Waals surface area contributed by atoms with Crippen LogP contribution in [0.2, 0.25) is 5.02 Å². The van der Waals surface area contributed by atoms with E-state index in [2.05, 4.69) is 42.1 Å². The van der Waals surface area contributed by atoms with Gasteiger partial charge >= 0.3 is 0 Å². The van der Waals surface area contributed by atoms with Gasteiger partial charge in [-0.2, -0.15) is 0 Å². The minimum atomic E-state index is 0.0451. The molecule has 0 aliphatic rings. The van der Waals surface area contributed by atoms with Gasteiger partial charge < -0.3 is 19.1 Å². The van der Waals surface area contributed by atoms with Crippen LogP contribution in [0.1, 0.15) is 47.0 Å². The summed E-state index contributed by atoms with van der Waals surface area (Å²) in [5.74, 6) is 0.814. The average molecular weight is 486 g/mol. The van der Waals surface area contributed by atoms with Crippen LogP contribution >= 0.6 is 11.6 Å². The number of pyridine rings is 1. The monoisotopic (exact) mass is 485 g/mol. The van der Waals surface area contributed by atoms with Gasteiger partial charge in [0, 0.05) is 35.0 Å². The van der Waals surface area contributed by atoms with Crippen molar-refractivity contribution in [2.24, 2.45) is 0 Å². The highest BCUT2D eigenvalue weighted by Crippen LogP contribution is 2.26. The Morgan fingerprint density at radius 3 is 2.09 bits per heavy atom. The first kappa shape index (κ1) is 26.5. The first-order chi connectivity index (χ1) is 16.5. The number of hydrogen-bond acceptors (Lipinski definition) is 4. The molecular weight excluding hydrogens is 446 g/mol. The Balaban J connectivity index is 1.82. The van der Waals surface area contributed by atoms with Gasteiger partial charge in [-0.25, -0.2) is 0 Å². The van der Waals surface area contributed by atoms with Crippen molar-refractivity contribution in [3.63, 3.8) is 0 Å². The highest BCUT2D eigenvalue weighted by molar-refractivity contribution is 6.31. The lowest BCUT2D eigenvalue weighted by Gasteiger charge is -2.22. The summed E-state index contributed by atoms with van der Waals surface area (Å²) in [6.07, 6.45) is 3.38. The fraction of sp³-hybridized carbons (Fsp3) is 0.536. The lowest BCUT2D eigenvalue weighted by molar-refractivity contribution is 0.277. The Labute approximate surface area is 209 Å². The number of halogens is 1. The number of nitrogens with zero attached hydrogens (tertiary/aromatic N) is 3. The molecule has 34 heavy (non-hydrogen) atoms. The van der Waals surface area contributed by atoms with Gasteiger partial charge in [0.15, 0.2) is 5.43 Å². The molecule has 3 rings (SSSR count). The molecule has 0 saturated carbocycles. The summed E-state index contributed by atoms with van der Waals surface area (Å²) in [6.45, 7) is 16.5. The van der Waals surface area contributed by atoms with E-state index in [1.165, 1.54) is 6.42 Å². The molecule has 186 valence electrons. The summed E-state index contributed by atoms with van der Waals surface area (Å²) in [5.41, 5.74) is 1.83. The number of aromatic nitrogens is 1. The molecule has 0 N–H and O–H groups in total. The number of benzene rings is 2. The fourth-order valence-electron chi connectivity index (χ4n) is 4.58. The largest absolute Gasteiger partial charge is 0.494 e. The summed E-state index contributed by atoms with van der Waals surface area (Å²) in [4.78, 5) is 18.1. The van der Waals surface area contributed by atoms with E-state index in [-0.39, 0.29) is 5.43 Å². The second kappa shape index (κ2) is 13.1. The van der Waals surface area contributed by atoms with Crippen LogP contribution in [0.25, 0.3) is 21.8 Å². The zero-order valence-electron chi connectivity index (χ0n) is 21.3. The third-order valence-electron chi connectivity index (χ3n) is 6.82. The maximum atomic E-state index is 13.2. The lowest BCUT2D eigenvalue weighted by atomic mass is 10.1. The van der Waals surface area contributed by atoms with Crippen LogP contribution in [0.15, 0.2) is 41.2 Å². The van der Waals surface area contributed by atoms with Gasteiger partial charge in [-0.15, -0.1) is 0 Å². The molecule has 2 aromatic carbocycles. The Kier molecular flexibility index (Phi) is 10.2. The van der Waals surface area contributed by atoms with Crippen molar-refractivity contribution in [1.82, 2.24) is 14.4 Å². The maximum absolute atomic E-state index is 13.2. The number of rotatable bonds is 14. The summed E-state index contributed by atoms with van der Waals surface area (Å²) in [6, 6.07) is 11.4. The van der Waals surface area contributed by atoms with Gasteiger partial charge in [-0.3, -0.25) is 4.79 Å². The number of likely N-dealkylation sites (N-methyl/N-ethyl adjacent to an activating group) is 1. The molecule has 0 amide bonds. The van der Waals surface area contributed by atoms with Crippen molar-refractivity contribution in [2.45, 2.75) is 53.5 Å². The molecule has 1 heterocycles. The van der Waals surface area contributed by atoms with E-state index in [9.17, 15) is 4.79 Å². The van der Waals surface area contributed by atoms with Gasteiger partial charge in [0.2, 0.25) is 0 Å². The smallest absolute Gasteiger partial charge is 0.197 e. The molecule has 0 spiro atoms. The molecule has 0 bridgehead atoms. The molecule has 5 nitrogen and oxygen atoms in total. The number of ether oxygens (including phenoxy) is 1. The van der Waals surface area contributed by atoms with Gasteiger partial charge in [-0.05, 0) is 82.3 Å². The maximum Gasteiger partial charge on any atom is 0.197 e. The van der Waals surface area contributed by atoms with Crippen LogP contribution in [0, 0.1) is 0 Å². The van der Waals surface area contributed by atoms with E-state index in [1.54, 1.807) is 6.07 Å². The third-order valence-corrected chi connectivity index (χ3v) is 7.05. The van der Waals surface area contributed by atoms with Gasteiger partial charge in [0.05, 0.1) is 17.6 Å². The Hall–Kier alpha value is -2.08. The molecule has 0 saturated heterocycles. The predicted molar refractivity (Wildman–Crippen MR) is 146 cm³/mol. The third kappa shape index (κ3) is 6.53. The van der Waals surface area contributed by atoms with E-state index in [1.807, 2.05) is 30.3 Å². The van der Waals surface area contributed by atoms with Crippen LogP contribution in [-0.2, 0) is 6.54 Å². The summed E-state index contributed by atoms with van der Waals surface area (Å²) < 4.78 is 8.34. The molecule has 6 heteroatoms. The number of fused-ring (bicyclic) bond motifs is 2. The van der Waals surface area contributed by atoms with Crippen LogP contribution < -0.4 is 10.2 Å². The second-order valence-corrected chi connectivity index (χ2v) is 9.22. The van der Waals surface area contributed by atoms with E-state index in [0.29, 0.717) is 17.0 Å². The van der Waals surface area contributed by atoms with Crippen molar-refractivity contribution in [3.8, 4) is 5.75 Å². The molecule has 0 unspecified atom stereocenters. The molecule has 1 aromatic heterocycles. The van der Waals surface area contributed by atoms with Crippen molar-refractivity contribution in [3.05, 3.63) is 51.6 Å². The molecule has 0 atom stereocenters. The summed E-state index contributed by atoms with van der Waals surface area (Å²) in [7, 11) is 0. The quantitative estimate of drug-likeness (QED) is 0.206. The molecule has 0 radical (unpaired) electrons. The van der Waals surface area contributed by atoms with Crippen molar-refractivity contribution < 1.29 is 4.74 Å². The Morgan fingerprint density at radius 2 is 1.41 bits per heavy atom. The molecule has 0 aliphatic carbocycles. The average Bonchev–Trinajstić information content (AvgIpc) is 2.85. The summed E-state index contributed by atoms with van der Waals surface area (Å²) >= 11 is 6.34. The highest BCUT2D eigenvalue weighted by Gasteiger charge is 2.13. The Morgan fingerprint density at radius 1 is 0.794 bits per heavy atom. The van der Waals surface area contributed by atoms with Crippen molar-refractivity contribution >= 4 is 33.4 Å². The number of unbranched alkanes of at least 4 members (excludes halogenated alkanes) is 2. The number of hydrogen-bond donors (Lipinski definition) is 0. The molecule has 3 aromatic rings. The van der Waals surface area contributed by atoms with Gasteiger partial charge in [0.1, 0.15) is 5.75 Å². The van der Waals surface area contributed by atoms with E-state index in [4.69, 9.17) is 16.3 Å².